The van der Waals surface area contributed by atoms with Gasteiger partial charge in [0.05, 0.1) is 6.04 Å². The fourth-order valence-corrected chi connectivity index (χ4v) is 3.99. The van der Waals surface area contributed by atoms with E-state index in [0.717, 1.165) is 25.5 Å². The lowest BCUT2D eigenvalue weighted by atomic mass is 9.95. The van der Waals surface area contributed by atoms with Crippen molar-refractivity contribution in [1.29, 1.82) is 0 Å². The number of nitrogens with zero attached hydrogens (tertiary/aromatic N) is 1. The number of hydrogen-bond donors (Lipinski definition) is 2. The normalized spacial score (nSPS) is 28.8. The average Bonchev–Trinajstić information content (AvgIpc) is 3.10. The number of rotatable bonds is 6. The number of carbonyl (C=O) groups excluding carboxylic acids is 3. The van der Waals surface area contributed by atoms with Crippen LogP contribution in [0, 0.1) is 23.7 Å². The lowest BCUT2D eigenvalue weighted by Gasteiger charge is -2.31. The third-order valence-electron chi connectivity index (χ3n) is 5.50. The minimum Gasteiger partial charge on any atom is -0.383 e. The molecule has 2 fully saturated rings. The molecule has 6 heteroatoms. The molecule has 0 spiro atoms. The molecule has 0 radical (unpaired) electrons. The van der Waals surface area contributed by atoms with Crippen LogP contribution in [0.5, 0.6) is 0 Å². The molecule has 2 N–H and O–H groups in total. The monoisotopic (exact) mass is 338 g/mol. The van der Waals surface area contributed by atoms with Crippen LogP contribution in [0.25, 0.3) is 0 Å². The quantitative estimate of drug-likeness (QED) is 0.707. The van der Waals surface area contributed by atoms with Gasteiger partial charge in [0.15, 0.2) is 0 Å². The topological polar surface area (TPSA) is 86.7 Å². The molecule has 2 amide bonds. The molecule has 5 atom stereocenters. The summed E-state index contributed by atoms with van der Waals surface area (Å²) >= 11 is 0. The number of aliphatic hydroxyl groups is 1. The molecule has 0 aromatic carbocycles. The minimum absolute atomic E-state index is 0.117. The summed E-state index contributed by atoms with van der Waals surface area (Å²) in [5.74, 6) is -0.416. The van der Waals surface area contributed by atoms with Gasteiger partial charge in [-0.3, -0.25) is 9.59 Å². The Hall–Kier alpha value is -1.43. The number of aliphatic hydroxyl groups excluding tert-OH is 1. The predicted molar refractivity (Wildman–Crippen MR) is 90.0 cm³/mol. The van der Waals surface area contributed by atoms with Crippen LogP contribution in [-0.2, 0) is 14.4 Å². The molecule has 0 aromatic heterocycles. The minimum atomic E-state index is -1.14. The third kappa shape index (κ3) is 3.63. The maximum atomic E-state index is 13.0. The van der Waals surface area contributed by atoms with E-state index in [1.165, 1.54) is 0 Å². The van der Waals surface area contributed by atoms with E-state index >= 15 is 0 Å². The van der Waals surface area contributed by atoms with E-state index in [4.69, 9.17) is 0 Å². The molecule has 0 unspecified atom stereocenters. The average molecular weight is 338 g/mol. The van der Waals surface area contributed by atoms with Gasteiger partial charge in [-0.05, 0) is 36.5 Å². The molecular weight excluding hydrogens is 308 g/mol. The third-order valence-corrected chi connectivity index (χ3v) is 5.50. The summed E-state index contributed by atoms with van der Waals surface area (Å²) in [6.07, 6.45) is 2.91. The van der Waals surface area contributed by atoms with Crippen LogP contribution in [0.3, 0.4) is 0 Å². The summed E-state index contributed by atoms with van der Waals surface area (Å²) < 4.78 is 0. The molecule has 2 aliphatic rings. The van der Waals surface area contributed by atoms with E-state index < -0.39 is 18.1 Å². The summed E-state index contributed by atoms with van der Waals surface area (Å²) in [6.45, 7) is 7.81. The first-order valence-corrected chi connectivity index (χ1v) is 9.02. The second-order valence-electron chi connectivity index (χ2n) is 7.89. The fourth-order valence-electron chi connectivity index (χ4n) is 3.99. The van der Waals surface area contributed by atoms with Gasteiger partial charge in [-0.25, -0.2) is 0 Å². The highest BCUT2D eigenvalue weighted by atomic mass is 16.3. The Balaban J connectivity index is 2.11. The molecule has 0 bridgehead atoms. The summed E-state index contributed by atoms with van der Waals surface area (Å²) in [5.41, 5.74) is 0. The Morgan fingerprint density at radius 2 is 1.83 bits per heavy atom. The molecule has 2 rings (SSSR count). The molecule has 1 saturated carbocycles. The second-order valence-corrected chi connectivity index (χ2v) is 7.89. The Kier molecular flexibility index (Phi) is 6.01. The van der Waals surface area contributed by atoms with Gasteiger partial charge in [0.2, 0.25) is 11.8 Å². The molecule has 1 heterocycles. The van der Waals surface area contributed by atoms with Crippen molar-refractivity contribution in [2.45, 2.75) is 65.1 Å². The van der Waals surface area contributed by atoms with Gasteiger partial charge in [-0.2, -0.15) is 0 Å². The Morgan fingerprint density at radius 3 is 2.38 bits per heavy atom. The number of likely N-dealkylation sites (tertiary alicyclic amines) is 1. The Morgan fingerprint density at radius 1 is 1.17 bits per heavy atom. The number of hydrogen-bond acceptors (Lipinski definition) is 4. The van der Waals surface area contributed by atoms with E-state index in [9.17, 15) is 19.5 Å². The number of nitrogens with one attached hydrogen (secondary N) is 1. The van der Waals surface area contributed by atoms with Crippen LogP contribution >= 0.6 is 0 Å². The zero-order valence-electron chi connectivity index (χ0n) is 15.1. The molecule has 24 heavy (non-hydrogen) atoms. The van der Waals surface area contributed by atoms with Crippen molar-refractivity contribution < 1.29 is 19.5 Å². The first-order chi connectivity index (χ1) is 11.3. The van der Waals surface area contributed by atoms with Crippen molar-refractivity contribution in [3.05, 3.63) is 0 Å². The van der Waals surface area contributed by atoms with Crippen molar-refractivity contribution in [2.24, 2.45) is 23.7 Å². The van der Waals surface area contributed by atoms with Gasteiger partial charge >= 0.3 is 0 Å². The van der Waals surface area contributed by atoms with E-state index in [0.29, 0.717) is 12.5 Å². The van der Waals surface area contributed by atoms with E-state index in [2.05, 4.69) is 5.32 Å². The molecule has 6 nitrogen and oxygen atoms in total. The van der Waals surface area contributed by atoms with Crippen LogP contribution in [0.1, 0.15) is 47.0 Å². The Labute approximate surface area is 144 Å². The van der Waals surface area contributed by atoms with Crippen molar-refractivity contribution in [3.63, 3.8) is 0 Å². The number of carbonyl (C=O) groups is 3. The standard InChI is InChI=1S/C18H30N2O4/c1-10(2)15(19-17(23)16(22)11(3)4)18(24)20-8-12-6-5-7-13(12)14(20)9-21/h9-16,22H,5-8H2,1-4H3,(H,19,23)/t12-,13-,14+,15-,16-/m0/s1. The van der Waals surface area contributed by atoms with Crippen molar-refractivity contribution >= 4 is 18.1 Å². The first-order valence-electron chi connectivity index (χ1n) is 9.02. The van der Waals surface area contributed by atoms with Gasteiger partial charge < -0.3 is 20.1 Å². The van der Waals surface area contributed by atoms with Gasteiger partial charge in [0.25, 0.3) is 0 Å². The zero-order valence-corrected chi connectivity index (χ0v) is 15.1. The number of aldehydes is 1. The van der Waals surface area contributed by atoms with Gasteiger partial charge in [-0.15, -0.1) is 0 Å². The molecule has 0 aromatic rings. The summed E-state index contributed by atoms with van der Waals surface area (Å²) in [7, 11) is 0. The maximum absolute atomic E-state index is 13.0. The summed E-state index contributed by atoms with van der Waals surface area (Å²) in [4.78, 5) is 38.4. The smallest absolute Gasteiger partial charge is 0.249 e. The zero-order chi connectivity index (χ0) is 18.0. The lowest BCUT2D eigenvalue weighted by Crippen LogP contribution is -2.55. The summed E-state index contributed by atoms with van der Waals surface area (Å²) in [5, 5.41) is 12.6. The predicted octanol–water partition coefficient (Wildman–Crippen LogP) is 0.970. The highest BCUT2D eigenvalue weighted by molar-refractivity contribution is 5.91. The van der Waals surface area contributed by atoms with Crippen molar-refractivity contribution in [3.8, 4) is 0 Å². The highest BCUT2D eigenvalue weighted by Crippen LogP contribution is 2.41. The largest absolute Gasteiger partial charge is 0.383 e. The number of fused-ring (bicyclic) bond motifs is 1. The molecule has 136 valence electrons. The van der Waals surface area contributed by atoms with Crippen molar-refractivity contribution in [1.82, 2.24) is 10.2 Å². The van der Waals surface area contributed by atoms with E-state index in [1.807, 2.05) is 13.8 Å². The van der Waals surface area contributed by atoms with Gasteiger partial charge in [0, 0.05) is 6.54 Å². The first kappa shape index (κ1) is 18.9. The van der Waals surface area contributed by atoms with Gasteiger partial charge in [-0.1, -0.05) is 34.1 Å². The highest BCUT2D eigenvalue weighted by Gasteiger charge is 2.47. The van der Waals surface area contributed by atoms with Crippen LogP contribution in [-0.4, -0.2) is 52.8 Å². The van der Waals surface area contributed by atoms with Crippen LogP contribution in [0.4, 0.5) is 0 Å². The molecule has 1 saturated heterocycles. The maximum Gasteiger partial charge on any atom is 0.249 e. The van der Waals surface area contributed by atoms with E-state index in [-0.39, 0.29) is 29.7 Å². The van der Waals surface area contributed by atoms with Crippen molar-refractivity contribution in [2.75, 3.05) is 6.54 Å². The van der Waals surface area contributed by atoms with Crippen LogP contribution in [0.15, 0.2) is 0 Å². The van der Waals surface area contributed by atoms with E-state index in [1.54, 1.807) is 18.7 Å². The molecular formula is C18H30N2O4. The summed E-state index contributed by atoms with van der Waals surface area (Å²) in [6, 6.07) is -1.09. The SMILES string of the molecule is CC(C)[C@H](O)C(=O)N[C@H](C(=O)N1C[C@@H]2CCC[C@@H]2[C@H]1C=O)C(C)C. The fraction of sp³-hybridized carbons (Fsp3) is 0.833. The van der Waals surface area contributed by atoms with Gasteiger partial charge in [0.1, 0.15) is 18.4 Å². The lowest BCUT2D eigenvalue weighted by molar-refractivity contribution is -0.142. The molecule has 1 aliphatic carbocycles. The second kappa shape index (κ2) is 7.64. The molecule has 1 aliphatic heterocycles. The number of amides is 2. The Bertz CT molecular complexity index is 491. The van der Waals surface area contributed by atoms with Crippen LogP contribution in [0.2, 0.25) is 0 Å². The van der Waals surface area contributed by atoms with Crippen LogP contribution < -0.4 is 5.32 Å².